The lowest BCUT2D eigenvalue weighted by Gasteiger charge is -2.16. The molecule has 3 nitrogen and oxygen atoms in total. The van der Waals surface area contributed by atoms with E-state index < -0.39 is 0 Å². The maximum absolute atomic E-state index is 6.34. The number of aryl methyl sites for hydroxylation is 1. The molecule has 0 fully saturated rings. The van der Waals surface area contributed by atoms with Crippen LogP contribution in [0.1, 0.15) is 22.7 Å². The molecule has 0 saturated carbocycles. The van der Waals surface area contributed by atoms with Crippen molar-refractivity contribution < 1.29 is 9.47 Å². The van der Waals surface area contributed by atoms with Crippen LogP contribution in [0.5, 0.6) is 11.5 Å². The zero-order valence-electron chi connectivity index (χ0n) is 12.5. The third-order valence-corrected chi connectivity index (χ3v) is 4.04. The van der Waals surface area contributed by atoms with E-state index in [1.54, 1.807) is 14.2 Å². The van der Waals surface area contributed by atoms with Gasteiger partial charge in [-0.15, -0.1) is 0 Å². The van der Waals surface area contributed by atoms with E-state index in [9.17, 15) is 0 Å². The first-order chi connectivity index (χ1) is 10.1. The first-order valence-corrected chi connectivity index (χ1v) is 7.16. The lowest BCUT2D eigenvalue weighted by Crippen LogP contribution is -2.14. The number of benzene rings is 2. The molecule has 0 radical (unpaired) electrons. The summed E-state index contributed by atoms with van der Waals surface area (Å²) in [6, 6.07) is 11.6. The van der Waals surface area contributed by atoms with Gasteiger partial charge < -0.3 is 15.2 Å². The van der Waals surface area contributed by atoms with Gasteiger partial charge in [-0.3, -0.25) is 0 Å². The number of hydrogen-bond acceptors (Lipinski definition) is 3. The van der Waals surface area contributed by atoms with Crippen LogP contribution in [0.3, 0.4) is 0 Å². The first kappa shape index (κ1) is 15.7. The average Bonchev–Trinajstić information content (AvgIpc) is 2.49. The van der Waals surface area contributed by atoms with Crippen LogP contribution in [-0.4, -0.2) is 14.2 Å². The maximum atomic E-state index is 6.34. The molecule has 0 bridgehead atoms. The van der Waals surface area contributed by atoms with Gasteiger partial charge in [0.25, 0.3) is 0 Å². The molecule has 0 aromatic heterocycles. The van der Waals surface area contributed by atoms with E-state index in [0.29, 0.717) is 17.9 Å². The summed E-state index contributed by atoms with van der Waals surface area (Å²) in [5.41, 5.74) is 9.39. The monoisotopic (exact) mass is 305 g/mol. The van der Waals surface area contributed by atoms with Gasteiger partial charge in [-0.25, -0.2) is 0 Å². The van der Waals surface area contributed by atoms with Crippen molar-refractivity contribution in [2.24, 2.45) is 5.73 Å². The van der Waals surface area contributed by atoms with Gasteiger partial charge in [-0.1, -0.05) is 35.9 Å². The molecule has 0 heterocycles. The molecule has 0 aliphatic carbocycles. The fourth-order valence-corrected chi connectivity index (χ4v) is 2.59. The molecule has 0 amide bonds. The molecule has 21 heavy (non-hydrogen) atoms. The summed E-state index contributed by atoms with van der Waals surface area (Å²) < 4.78 is 10.6. The quantitative estimate of drug-likeness (QED) is 0.911. The van der Waals surface area contributed by atoms with E-state index in [1.807, 2.05) is 43.3 Å². The number of nitrogens with two attached hydrogens (primary N) is 1. The summed E-state index contributed by atoms with van der Waals surface area (Å²) in [4.78, 5) is 0. The summed E-state index contributed by atoms with van der Waals surface area (Å²) in [6.45, 7) is 1.98. The van der Waals surface area contributed by atoms with Gasteiger partial charge in [-0.05, 0) is 42.2 Å². The van der Waals surface area contributed by atoms with Crippen molar-refractivity contribution >= 4 is 11.6 Å². The second kappa shape index (κ2) is 6.83. The van der Waals surface area contributed by atoms with Crippen molar-refractivity contribution in [2.75, 3.05) is 14.2 Å². The Kier molecular flexibility index (Phi) is 5.10. The Hall–Kier alpha value is -1.71. The van der Waals surface area contributed by atoms with E-state index >= 15 is 0 Å². The van der Waals surface area contributed by atoms with E-state index in [2.05, 4.69) is 0 Å². The van der Waals surface area contributed by atoms with Gasteiger partial charge >= 0.3 is 0 Å². The van der Waals surface area contributed by atoms with Gasteiger partial charge in [0, 0.05) is 11.1 Å². The molecule has 2 aromatic rings. The van der Waals surface area contributed by atoms with Crippen LogP contribution in [0.4, 0.5) is 0 Å². The van der Waals surface area contributed by atoms with Crippen molar-refractivity contribution in [3.05, 3.63) is 58.1 Å². The minimum Gasteiger partial charge on any atom is -0.493 e. The molecular formula is C17H20ClNO2. The van der Waals surface area contributed by atoms with Gasteiger partial charge in [0.15, 0.2) is 11.5 Å². The third kappa shape index (κ3) is 3.49. The molecule has 0 aliphatic rings. The minimum absolute atomic E-state index is 0.157. The van der Waals surface area contributed by atoms with Crippen LogP contribution in [-0.2, 0) is 6.42 Å². The predicted molar refractivity (Wildman–Crippen MR) is 86.4 cm³/mol. The highest BCUT2D eigenvalue weighted by Crippen LogP contribution is 2.31. The van der Waals surface area contributed by atoms with Crippen LogP contribution in [0.15, 0.2) is 36.4 Å². The van der Waals surface area contributed by atoms with Gasteiger partial charge in [0.1, 0.15) is 0 Å². The Morgan fingerprint density at radius 3 is 2.48 bits per heavy atom. The topological polar surface area (TPSA) is 44.5 Å². The number of halogens is 1. The molecule has 0 aliphatic heterocycles. The van der Waals surface area contributed by atoms with Crippen LogP contribution >= 0.6 is 11.6 Å². The van der Waals surface area contributed by atoms with Crippen molar-refractivity contribution in [1.29, 1.82) is 0 Å². The molecule has 2 N–H and O–H groups in total. The zero-order valence-corrected chi connectivity index (χ0v) is 13.3. The summed E-state index contributed by atoms with van der Waals surface area (Å²) in [5.74, 6) is 1.42. The molecule has 1 atom stereocenters. The standard InChI is InChI=1S/C17H20ClNO2/c1-11-5-4-6-13(17(11)18)14(19)9-12-7-8-15(20-2)16(10-12)21-3/h4-8,10,14H,9,19H2,1-3H3. The predicted octanol–water partition coefficient (Wildman–Crippen LogP) is 3.91. The SMILES string of the molecule is COc1ccc(CC(N)c2cccc(C)c2Cl)cc1OC. The minimum atomic E-state index is -0.157. The van der Waals surface area contributed by atoms with E-state index in [4.69, 9.17) is 26.8 Å². The highest BCUT2D eigenvalue weighted by Gasteiger charge is 2.13. The van der Waals surface area contributed by atoms with Crippen molar-refractivity contribution in [1.82, 2.24) is 0 Å². The molecule has 0 spiro atoms. The molecule has 2 aromatic carbocycles. The Labute approximate surface area is 130 Å². The number of ether oxygens (including phenoxy) is 2. The second-order valence-electron chi connectivity index (χ2n) is 4.98. The highest BCUT2D eigenvalue weighted by molar-refractivity contribution is 6.32. The summed E-state index contributed by atoms with van der Waals surface area (Å²) >= 11 is 6.34. The van der Waals surface area contributed by atoms with Crippen molar-refractivity contribution in [3.63, 3.8) is 0 Å². The summed E-state index contributed by atoms with van der Waals surface area (Å²) in [5, 5.41) is 0.741. The van der Waals surface area contributed by atoms with E-state index in [1.165, 1.54) is 0 Å². The molecule has 1 unspecified atom stereocenters. The fourth-order valence-electron chi connectivity index (χ4n) is 2.33. The molecular weight excluding hydrogens is 286 g/mol. The smallest absolute Gasteiger partial charge is 0.160 e. The lowest BCUT2D eigenvalue weighted by atomic mass is 9.98. The Morgan fingerprint density at radius 1 is 1.10 bits per heavy atom. The van der Waals surface area contributed by atoms with Crippen molar-refractivity contribution in [2.45, 2.75) is 19.4 Å². The van der Waals surface area contributed by atoms with Gasteiger partial charge in [0.05, 0.1) is 14.2 Å². The largest absolute Gasteiger partial charge is 0.493 e. The van der Waals surface area contributed by atoms with Crippen LogP contribution < -0.4 is 15.2 Å². The molecule has 2 rings (SSSR count). The van der Waals surface area contributed by atoms with Gasteiger partial charge in [-0.2, -0.15) is 0 Å². The molecule has 4 heteroatoms. The normalized spacial score (nSPS) is 12.0. The van der Waals surface area contributed by atoms with Gasteiger partial charge in [0.2, 0.25) is 0 Å². The highest BCUT2D eigenvalue weighted by atomic mass is 35.5. The second-order valence-corrected chi connectivity index (χ2v) is 5.36. The van der Waals surface area contributed by atoms with Crippen LogP contribution in [0.2, 0.25) is 5.02 Å². The Bertz CT molecular complexity index is 628. The number of methoxy groups -OCH3 is 2. The molecule has 0 saturated heterocycles. The number of hydrogen-bond donors (Lipinski definition) is 1. The van der Waals surface area contributed by atoms with Crippen LogP contribution in [0, 0.1) is 6.92 Å². The Balaban J connectivity index is 2.23. The summed E-state index contributed by atoms with van der Waals surface area (Å²) in [6.07, 6.45) is 0.684. The zero-order chi connectivity index (χ0) is 15.4. The molecule has 112 valence electrons. The summed E-state index contributed by atoms with van der Waals surface area (Å²) in [7, 11) is 3.24. The first-order valence-electron chi connectivity index (χ1n) is 6.78. The average molecular weight is 306 g/mol. The maximum Gasteiger partial charge on any atom is 0.160 e. The Morgan fingerprint density at radius 2 is 1.81 bits per heavy atom. The fraction of sp³-hybridized carbons (Fsp3) is 0.294. The van der Waals surface area contributed by atoms with E-state index in [0.717, 1.165) is 21.7 Å². The van der Waals surface area contributed by atoms with E-state index in [-0.39, 0.29) is 6.04 Å². The third-order valence-electron chi connectivity index (χ3n) is 3.52. The number of rotatable bonds is 5. The van der Waals surface area contributed by atoms with Crippen LogP contribution in [0.25, 0.3) is 0 Å². The van der Waals surface area contributed by atoms with Crippen molar-refractivity contribution in [3.8, 4) is 11.5 Å². The lowest BCUT2D eigenvalue weighted by molar-refractivity contribution is 0.354.